The van der Waals surface area contributed by atoms with Gasteiger partial charge in [0.15, 0.2) is 0 Å². The van der Waals surface area contributed by atoms with Gasteiger partial charge in [-0.3, -0.25) is 9.59 Å². The van der Waals surface area contributed by atoms with Gasteiger partial charge >= 0.3 is 0 Å². The van der Waals surface area contributed by atoms with E-state index in [1.165, 1.54) is 12.1 Å². The fourth-order valence-corrected chi connectivity index (χ4v) is 5.65. The zero-order valence-electron chi connectivity index (χ0n) is 23.7. The molecule has 0 unspecified atom stereocenters. The molecular formula is C34H38F2N2O4. The summed E-state index contributed by atoms with van der Waals surface area (Å²) in [6.07, 6.45) is 4.16. The number of carbonyl (C=O) groups excluding carboxylic acids is 2. The van der Waals surface area contributed by atoms with Gasteiger partial charge in [-0.1, -0.05) is 43.2 Å². The molecule has 2 fully saturated rings. The van der Waals surface area contributed by atoms with Gasteiger partial charge in [0.05, 0.1) is 12.0 Å². The maximum absolute atomic E-state index is 13.6. The normalized spacial score (nSPS) is 18.7. The van der Waals surface area contributed by atoms with Crippen molar-refractivity contribution < 1.29 is 28.2 Å². The molecule has 8 heteroatoms. The number of rotatable bonds is 12. The number of likely N-dealkylation sites (tertiary alicyclic amines) is 1. The number of ether oxygens (including phenoxy) is 1. The number of hydrogen-bond acceptors (Lipinski definition) is 4. The summed E-state index contributed by atoms with van der Waals surface area (Å²) in [5.41, 5.74) is 1.37. The van der Waals surface area contributed by atoms with E-state index in [1.54, 1.807) is 4.90 Å². The number of amides is 2. The third-order valence-electron chi connectivity index (χ3n) is 8.08. The molecule has 2 N–H and O–H groups in total. The molecule has 2 aliphatic rings. The first-order valence-corrected chi connectivity index (χ1v) is 14.9. The highest BCUT2D eigenvalue weighted by atomic mass is 19.1. The van der Waals surface area contributed by atoms with Gasteiger partial charge in [0.25, 0.3) is 0 Å². The third kappa shape index (κ3) is 8.38. The number of carbonyl (C=O) groups is 2. The predicted molar refractivity (Wildman–Crippen MR) is 156 cm³/mol. The monoisotopic (exact) mass is 576 g/mol. The molecule has 5 rings (SSSR count). The molecule has 1 aliphatic heterocycles. The standard InChI is InChI=1S/C34H38F2N2O4/c35-26-17-24(18-27(36)21-26)14-15-32(39)30(20-23-12-13-23)33(40)37-31-11-4-5-16-38(34(31)41)22-25-7-6-10-29(19-25)42-28-8-2-1-3-9-28/h1-3,6-10,17-19,21,23,30-32,39H,4-5,11-16,20,22H2,(H,37,40)/t30-,31+,32+/m1/s1. The van der Waals surface area contributed by atoms with Gasteiger partial charge in [-0.05, 0) is 92.0 Å². The number of hydrogen-bond donors (Lipinski definition) is 2. The number of nitrogens with zero attached hydrogens (tertiary/aromatic N) is 1. The van der Waals surface area contributed by atoms with Crippen molar-refractivity contribution in [2.75, 3.05) is 6.54 Å². The minimum absolute atomic E-state index is 0.134. The molecule has 222 valence electrons. The number of aliphatic hydroxyl groups is 1. The van der Waals surface area contributed by atoms with Crippen LogP contribution in [0.5, 0.6) is 11.5 Å². The predicted octanol–water partition coefficient (Wildman–Crippen LogP) is 6.16. The van der Waals surface area contributed by atoms with Crippen molar-refractivity contribution in [2.45, 2.75) is 70.1 Å². The largest absolute Gasteiger partial charge is 0.457 e. The Bertz CT molecular complexity index is 1340. The van der Waals surface area contributed by atoms with Gasteiger partial charge < -0.3 is 20.1 Å². The highest BCUT2D eigenvalue weighted by Gasteiger charge is 2.36. The molecule has 3 atom stereocenters. The highest BCUT2D eigenvalue weighted by Crippen LogP contribution is 2.37. The molecule has 0 aromatic heterocycles. The van der Waals surface area contributed by atoms with Crippen LogP contribution in [0, 0.1) is 23.5 Å². The summed E-state index contributed by atoms with van der Waals surface area (Å²) in [6, 6.07) is 19.8. The van der Waals surface area contributed by atoms with E-state index >= 15 is 0 Å². The van der Waals surface area contributed by atoms with Gasteiger partial charge in [-0.15, -0.1) is 0 Å². The van der Waals surface area contributed by atoms with E-state index in [-0.39, 0.29) is 24.7 Å². The van der Waals surface area contributed by atoms with Crippen molar-refractivity contribution in [1.29, 1.82) is 0 Å². The van der Waals surface area contributed by atoms with Crippen LogP contribution in [-0.4, -0.2) is 40.5 Å². The summed E-state index contributed by atoms with van der Waals surface area (Å²) in [6.45, 7) is 0.989. The van der Waals surface area contributed by atoms with E-state index in [0.29, 0.717) is 43.2 Å². The highest BCUT2D eigenvalue weighted by molar-refractivity contribution is 5.89. The Kier molecular flexibility index (Phi) is 9.85. The van der Waals surface area contributed by atoms with Crippen molar-refractivity contribution in [2.24, 2.45) is 11.8 Å². The maximum atomic E-state index is 13.6. The molecular weight excluding hydrogens is 538 g/mol. The Labute approximate surface area is 245 Å². The molecule has 2 amide bonds. The molecule has 1 saturated carbocycles. The topological polar surface area (TPSA) is 78.9 Å². The summed E-state index contributed by atoms with van der Waals surface area (Å²) < 4.78 is 33.2. The molecule has 1 aliphatic carbocycles. The van der Waals surface area contributed by atoms with Gasteiger partial charge in [-0.2, -0.15) is 0 Å². The zero-order chi connectivity index (χ0) is 29.5. The van der Waals surface area contributed by atoms with Crippen LogP contribution in [0.25, 0.3) is 0 Å². The first-order valence-electron chi connectivity index (χ1n) is 14.9. The molecule has 0 radical (unpaired) electrons. The summed E-state index contributed by atoms with van der Waals surface area (Å²) in [5, 5.41) is 14.0. The summed E-state index contributed by atoms with van der Waals surface area (Å²) in [5.74, 6) is -0.709. The lowest BCUT2D eigenvalue weighted by molar-refractivity contribution is -0.139. The molecule has 1 saturated heterocycles. The van der Waals surface area contributed by atoms with E-state index in [0.717, 1.165) is 43.1 Å². The SMILES string of the molecule is O=C(N[C@H]1CCCCN(Cc2cccc(Oc3ccccc3)c2)C1=O)[C@H](CC1CC1)[C@@H](O)CCc1cc(F)cc(F)c1. The van der Waals surface area contributed by atoms with Crippen molar-refractivity contribution in [1.82, 2.24) is 10.2 Å². The fraction of sp³-hybridized carbons (Fsp3) is 0.412. The third-order valence-corrected chi connectivity index (χ3v) is 8.08. The molecule has 0 spiro atoms. The lowest BCUT2D eigenvalue weighted by Crippen LogP contribution is -2.50. The minimum Gasteiger partial charge on any atom is -0.457 e. The Morgan fingerprint density at radius 3 is 2.40 bits per heavy atom. The van der Waals surface area contributed by atoms with Gasteiger partial charge in [-0.25, -0.2) is 8.78 Å². The smallest absolute Gasteiger partial charge is 0.245 e. The number of aryl methyl sites for hydroxylation is 1. The van der Waals surface area contributed by atoms with Gasteiger partial charge in [0.2, 0.25) is 11.8 Å². The van der Waals surface area contributed by atoms with Crippen LogP contribution in [0.4, 0.5) is 8.78 Å². The van der Waals surface area contributed by atoms with Crippen LogP contribution in [0.3, 0.4) is 0 Å². The minimum atomic E-state index is -0.985. The molecule has 6 nitrogen and oxygen atoms in total. The van der Waals surface area contributed by atoms with Crippen LogP contribution >= 0.6 is 0 Å². The van der Waals surface area contributed by atoms with Crippen LogP contribution in [0.15, 0.2) is 72.8 Å². The quantitative estimate of drug-likeness (QED) is 0.271. The first-order chi connectivity index (χ1) is 20.3. The average Bonchev–Trinajstić information content (AvgIpc) is 3.81. The Balaban J connectivity index is 1.21. The summed E-state index contributed by atoms with van der Waals surface area (Å²) in [4.78, 5) is 28.9. The average molecular weight is 577 g/mol. The Hall–Kier alpha value is -3.78. The van der Waals surface area contributed by atoms with Gasteiger partial charge in [0, 0.05) is 19.2 Å². The van der Waals surface area contributed by atoms with Crippen molar-refractivity contribution in [3.8, 4) is 11.5 Å². The molecule has 1 heterocycles. The second-order valence-corrected chi connectivity index (χ2v) is 11.5. The summed E-state index contributed by atoms with van der Waals surface area (Å²) >= 11 is 0. The van der Waals surface area contributed by atoms with Gasteiger partial charge in [0.1, 0.15) is 29.2 Å². The van der Waals surface area contributed by atoms with E-state index in [1.807, 2.05) is 54.6 Å². The number of benzene rings is 3. The van der Waals surface area contributed by atoms with E-state index in [9.17, 15) is 23.5 Å². The number of aliphatic hydroxyl groups excluding tert-OH is 1. The number of halogens is 2. The van der Waals surface area contributed by atoms with Crippen molar-refractivity contribution in [3.05, 3.63) is 95.6 Å². The van der Waals surface area contributed by atoms with Crippen molar-refractivity contribution in [3.63, 3.8) is 0 Å². The second-order valence-electron chi connectivity index (χ2n) is 11.5. The van der Waals surface area contributed by atoms with Crippen LogP contribution in [0.1, 0.15) is 56.1 Å². The van der Waals surface area contributed by atoms with Crippen LogP contribution in [0.2, 0.25) is 0 Å². The lowest BCUT2D eigenvalue weighted by Gasteiger charge is -2.28. The fourth-order valence-electron chi connectivity index (χ4n) is 5.65. The Morgan fingerprint density at radius 1 is 0.929 bits per heavy atom. The molecule has 3 aromatic carbocycles. The first kappa shape index (κ1) is 29.7. The molecule has 0 bridgehead atoms. The van der Waals surface area contributed by atoms with E-state index < -0.39 is 29.7 Å². The maximum Gasteiger partial charge on any atom is 0.245 e. The molecule has 3 aromatic rings. The number of para-hydroxylation sites is 1. The Morgan fingerprint density at radius 2 is 1.67 bits per heavy atom. The second kappa shape index (κ2) is 13.9. The summed E-state index contributed by atoms with van der Waals surface area (Å²) in [7, 11) is 0. The number of nitrogens with one attached hydrogen (secondary N) is 1. The van der Waals surface area contributed by atoms with E-state index in [2.05, 4.69) is 5.32 Å². The van der Waals surface area contributed by atoms with E-state index in [4.69, 9.17) is 4.74 Å². The lowest BCUT2D eigenvalue weighted by atomic mass is 9.90. The van der Waals surface area contributed by atoms with Crippen LogP contribution < -0.4 is 10.1 Å². The zero-order valence-corrected chi connectivity index (χ0v) is 23.7. The molecule has 42 heavy (non-hydrogen) atoms. The van der Waals surface area contributed by atoms with Crippen molar-refractivity contribution >= 4 is 11.8 Å². The van der Waals surface area contributed by atoms with Crippen LogP contribution in [-0.2, 0) is 22.6 Å².